The molecule has 1 aromatic rings. The van der Waals surface area contributed by atoms with Crippen LogP contribution < -0.4 is 5.32 Å². The first-order chi connectivity index (χ1) is 8.61. The molecule has 0 spiro atoms. The van der Waals surface area contributed by atoms with Gasteiger partial charge in [0.2, 0.25) is 0 Å². The van der Waals surface area contributed by atoms with Gasteiger partial charge in [0.25, 0.3) is 0 Å². The zero-order valence-electron chi connectivity index (χ0n) is 9.82. The molecule has 0 atom stereocenters. The lowest BCUT2D eigenvalue weighted by molar-refractivity contribution is -0.0543. The normalized spacial score (nSPS) is 18.1. The van der Waals surface area contributed by atoms with Gasteiger partial charge >= 0.3 is 0 Å². The molecule has 5 nitrogen and oxygen atoms in total. The number of pyridine rings is 1. The van der Waals surface area contributed by atoms with E-state index in [0.29, 0.717) is 44.0 Å². The number of nitrogens with zero attached hydrogens (tertiary/aromatic N) is 2. The maximum Gasteiger partial charge on any atom is 0.132 e. The van der Waals surface area contributed by atoms with Gasteiger partial charge in [-0.1, -0.05) is 11.6 Å². The highest BCUT2D eigenvalue weighted by molar-refractivity contribution is 6.29. The van der Waals surface area contributed by atoms with E-state index in [9.17, 15) is 5.11 Å². The summed E-state index contributed by atoms with van der Waals surface area (Å²) in [5, 5.41) is 22.4. The fourth-order valence-corrected chi connectivity index (χ4v) is 2.04. The second-order valence-corrected chi connectivity index (χ2v) is 4.75. The van der Waals surface area contributed by atoms with E-state index >= 15 is 0 Å². The molecule has 0 aromatic carbocycles. The summed E-state index contributed by atoms with van der Waals surface area (Å²) in [4.78, 5) is 4.06. The second kappa shape index (κ2) is 5.53. The Morgan fingerprint density at radius 3 is 2.89 bits per heavy atom. The molecule has 1 aromatic heterocycles. The number of aliphatic hydroxyl groups is 1. The molecule has 1 saturated heterocycles. The van der Waals surface area contributed by atoms with E-state index in [2.05, 4.69) is 10.3 Å². The summed E-state index contributed by atoms with van der Waals surface area (Å²) in [6.45, 7) is 1.49. The number of ether oxygens (including phenoxy) is 1. The molecule has 0 saturated carbocycles. The van der Waals surface area contributed by atoms with E-state index in [0.717, 1.165) is 0 Å². The van der Waals surface area contributed by atoms with Crippen molar-refractivity contribution in [2.45, 2.75) is 18.4 Å². The number of rotatable bonds is 3. The minimum Gasteiger partial charge on any atom is -0.388 e. The van der Waals surface area contributed by atoms with Crippen LogP contribution in [0.2, 0.25) is 5.15 Å². The van der Waals surface area contributed by atoms with Crippen LogP contribution in [0.3, 0.4) is 0 Å². The summed E-state index contributed by atoms with van der Waals surface area (Å²) in [5.41, 5.74) is -0.342. The third-order valence-electron chi connectivity index (χ3n) is 2.95. The van der Waals surface area contributed by atoms with Gasteiger partial charge in [-0.05, 0) is 12.1 Å². The van der Waals surface area contributed by atoms with Gasteiger partial charge in [0.05, 0.1) is 17.2 Å². The van der Waals surface area contributed by atoms with Crippen molar-refractivity contribution in [1.29, 1.82) is 5.26 Å². The number of nitriles is 1. The van der Waals surface area contributed by atoms with Gasteiger partial charge in [0, 0.05) is 32.6 Å². The second-order valence-electron chi connectivity index (χ2n) is 4.37. The van der Waals surface area contributed by atoms with Crippen LogP contribution >= 0.6 is 11.6 Å². The summed E-state index contributed by atoms with van der Waals surface area (Å²) in [6, 6.07) is 5.11. The number of hydrogen-bond acceptors (Lipinski definition) is 5. The fraction of sp³-hybridized carbons (Fsp3) is 0.500. The summed E-state index contributed by atoms with van der Waals surface area (Å²) in [6.07, 6.45) is 1.18. The predicted octanol–water partition coefficient (Wildman–Crippen LogP) is 1.56. The summed E-state index contributed by atoms with van der Waals surface area (Å²) in [5.74, 6) is 0.499. The molecule has 2 N–H and O–H groups in total. The molecule has 96 valence electrons. The van der Waals surface area contributed by atoms with Crippen molar-refractivity contribution in [2.24, 2.45) is 0 Å². The first-order valence-corrected chi connectivity index (χ1v) is 6.11. The Kier molecular flexibility index (Phi) is 4.02. The van der Waals surface area contributed by atoms with Gasteiger partial charge in [0.15, 0.2) is 0 Å². The Morgan fingerprint density at radius 2 is 2.22 bits per heavy atom. The van der Waals surface area contributed by atoms with Crippen molar-refractivity contribution >= 4 is 17.4 Å². The van der Waals surface area contributed by atoms with Gasteiger partial charge in [-0.3, -0.25) is 0 Å². The molecule has 2 heterocycles. The highest BCUT2D eigenvalue weighted by Gasteiger charge is 2.29. The number of hydrogen-bond donors (Lipinski definition) is 2. The van der Waals surface area contributed by atoms with Crippen LogP contribution in [0.15, 0.2) is 12.1 Å². The zero-order chi connectivity index (χ0) is 13.0. The lowest BCUT2D eigenvalue weighted by atomic mass is 9.94. The molecule has 0 radical (unpaired) electrons. The van der Waals surface area contributed by atoms with Crippen molar-refractivity contribution in [3.05, 3.63) is 22.8 Å². The number of halogens is 1. The van der Waals surface area contributed by atoms with Gasteiger partial charge in [-0.15, -0.1) is 0 Å². The highest BCUT2D eigenvalue weighted by Crippen LogP contribution is 2.21. The Labute approximate surface area is 110 Å². The summed E-state index contributed by atoms with van der Waals surface area (Å²) in [7, 11) is 0. The Balaban J connectivity index is 2.01. The Morgan fingerprint density at radius 1 is 1.50 bits per heavy atom. The zero-order valence-corrected chi connectivity index (χ0v) is 10.6. The summed E-state index contributed by atoms with van der Waals surface area (Å²) < 4.78 is 5.21. The van der Waals surface area contributed by atoms with E-state index in [1.54, 1.807) is 6.07 Å². The van der Waals surface area contributed by atoms with E-state index in [1.807, 2.05) is 6.07 Å². The standard InChI is InChI=1S/C12H14ClN3O2/c13-10-5-9(7-14)6-11(16-10)15-8-12(17)1-3-18-4-2-12/h5-6,17H,1-4,8H2,(H,15,16). The average molecular weight is 268 g/mol. The minimum absolute atomic E-state index is 0.260. The molecule has 0 bridgehead atoms. The van der Waals surface area contributed by atoms with Crippen LogP contribution in [-0.2, 0) is 4.74 Å². The van der Waals surface area contributed by atoms with Gasteiger partial charge in [0.1, 0.15) is 11.0 Å². The Bertz CT molecular complexity index is 467. The number of aromatic nitrogens is 1. The van der Waals surface area contributed by atoms with Crippen molar-refractivity contribution in [2.75, 3.05) is 25.1 Å². The fourth-order valence-electron chi connectivity index (χ4n) is 1.84. The molecular weight excluding hydrogens is 254 g/mol. The minimum atomic E-state index is -0.783. The summed E-state index contributed by atoms with van der Waals surface area (Å²) >= 11 is 5.80. The topological polar surface area (TPSA) is 78.2 Å². The highest BCUT2D eigenvalue weighted by atomic mass is 35.5. The lowest BCUT2D eigenvalue weighted by Gasteiger charge is -2.32. The monoisotopic (exact) mass is 267 g/mol. The van der Waals surface area contributed by atoms with Crippen LogP contribution in [-0.4, -0.2) is 35.5 Å². The third-order valence-corrected chi connectivity index (χ3v) is 3.14. The molecular formula is C12H14ClN3O2. The molecule has 1 aliphatic heterocycles. The first-order valence-electron chi connectivity index (χ1n) is 5.73. The molecule has 18 heavy (non-hydrogen) atoms. The molecule has 0 amide bonds. The van der Waals surface area contributed by atoms with Crippen LogP contribution in [0, 0.1) is 11.3 Å². The van der Waals surface area contributed by atoms with Gasteiger partial charge in [-0.25, -0.2) is 4.98 Å². The van der Waals surface area contributed by atoms with Gasteiger partial charge in [-0.2, -0.15) is 5.26 Å². The van der Waals surface area contributed by atoms with Gasteiger partial charge < -0.3 is 15.2 Å². The third kappa shape index (κ3) is 3.33. The van der Waals surface area contributed by atoms with E-state index < -0.39 is 5.60 Å². The van der Waals surface area contributed by atoms with Crippen molar-refractivity contribution in [3.63, 3.8) is 0 Å². The molecule has 2 rings (SSSR count). The quantitative estimate of drug-likeness (QED) is 0.813. The molecule has 1 fully saturated rings. The first kappa shape index (κ1) is 13.1. The maximum absolute atomic E-state index is 10.3. The van der Waals surface area contributed by atoms with E-state index in [-0.39, 0.29) is 5.15 Å². The lowest BCUT2D eigenvalue weighted by Crippen LogP contribution is -2.42. The van der Waals surface area contributed by atoms with E-state index in [1.165, 1.54) is 6.07 Å². The SMILES string of the molecule is N#Cc1cc(Cl)nc(NCC2(O)CCOCC2)c1. The average Bonchev–Trinajstić information content (AvgIpc) is 2.37. The molecule has 0 unspecified atom stereocenters. The predicted molar refractivity (Wildman–Crippen MR) is 67.5 cm³/mol. The smallest absolute Gasteiger partial charge is 0.132 e. The van der Waals surface area contributed by atoms with Crippen LogP contribution in [0.1, 0.15) is 18.4 Å². The van der Waals surface area contributed by atoms with Crippen molar-refractivity contribution < 1.29 is 9.84 Å². The molecule has 6 heteroatoms. The van der Waals surface area contributed by atoms with Crippen LogP contribution in [0.5, 0.6) is 0 Å². The Hall–Kier alpha value is -1.35. The molecule has 1 aliphatic rings. The van der Waals surface area contributed by atoms with Crippen molar-refractivity contribution in [3.8, 4) is 6.07 Å². The molecule has 0 aliphatic carbocycles. The number of anilines is 1. The number of nitrogens with one attached hydrogen (secondary N) is 1. The maximum atomic E-state index is 10.3. The van der Waals surface area contributed by atoms with Crippen LogP contribution in [0.25, 0.3) is 0 Å². The van der Waals surface area contributed by atoms with E-state index in [4.69, 9.17) is 21.6 Å². The van der Waals surface area contributed by atoms with Crippen LogP contribution in [0.4, 0.5) is 5.82 Å². The van der Waals surface area contributed by atoms with Crippen molar-refractivity contribution in [1.82, 2.24) is 4.98 Å². The largest absolute Gasteiger partial charge is 0.388 e.